The zero-order valence-electron chi connectivity index (χ0n) is 80.7. The number of aromatic amines is 2. The Bertz CT molecular complexity index is 6250. The number of nitrogens with zero attached hydrogens (tertiary/aromatic N) is 2. The van der Waals surface area contributed by atoms with E-state index in [2.05, 4.69) is 9.97 Å². The first-order valence-electron chi connectivity index (χ1n) is 45.2. The van der Waals surface area contributed by atoms with Gasteiger partial charge in [0.15, 0.2) is 48.8 Å². The molecule has 0 unspecified atom stereocenters. The number of carbonyl (C=O) groups excluding carboxylic acids is 16. The fourth-order valence-corrected chi connectivity index (χ4v) is 17.2. The topological polar surface area (TPSA) is 552 Å². The minimum atomic E-state index is -1.66. The largest absolute Gasteiger partial charge is 0.463 e. The molecule has 8 bridgehead atoms. The average Bonchev–Trinajstić information content (AvgIpc) is 1.64. The van der Waals surface area contributed by atoms with Crippen LogP contribution in [0.5, 0.6) is 23.0 Å². The van der Waals surface area contributed by atoms with Crippen molar-refractivity contribution in [2.24, 2.45) is 0 Å². The molecule has 6 aliphatic heterocycles. The number of nitrogens with one attached hydrogen (secondary N) is 2. The molecule has 144 heavy (non-hydrogen) atoms. The van der Waals surface area contributed by atoms with Gasteiger partial charge in [-0.3, -0.25) is 81.7 Å². The molecule has 0 spiro atoms. The van der Waals surface area contributed by atoms with Crippen molar-refractivity contribution in [3.63, 3.8) is 0 Å². The van der Waals surface area contributed by atoms with Crippen LogP contribution in [-0.2, 0) is 184 Å². The zero-order chi connectivity index (χ0) is 104. The van der Waals surface area contributed by atoms with Gasteiger partial charge in [-0.1, -0.05) is 48.5 Å². The summed E-state index contributed by atoms with van der Waals surface area (Å²) < 4.78 is 141. The first kappa shape index (κ1) is 106. The van der Waals surface area contributed by atoms with Gasteiger partial charge in [-0.05, 0) is 120 Å². The van der Waals surface area contributed by atoms with Crippen LogP contribution in [0.4, 0.5) is 0 Å². The van der Waals surface area contributed by atoms with Crippen LogP contribution >= 0.6 is 0 Å². The second-order valence-electron chi connectivity index (χ2n) is 33.6. The Kier molecular flexibility index (Phi) is 34.3. The van der Waals surface area contributed by atoms with E-state index >= 15 is 0 Å². The van der Waals surface area contributed by atoms with Crippen LogP contribution in [0.15, 0.2) is 121 Å². The molecule has 6 aliphatic rings. The summed E-state index contributed by atoms with van der Waals surface area (Å²) in [6.45, 7) is 15.2. The summed E-state index contributed by atoms with van der Waals surface area (Å²) in [5.74, 6) is -13.2. The summed E-state index contributed by atoms with van der Waals surface area (Å²) in [6, 6.07) is 33.2. The lowest BCUT2D eigenvalue weighted by atomic mass is 9.98. The van der Waals surface area contributed by atoms with Gasteiger partial charge in [0.1, 0.15) is 73.8 Å². The van der Waals surface area contributed by atoms with E-state index in [-0.39, 0.29) is 35.8 Å². The van der Waals surface area contributed by atoms with Crippen LogP contribution in [0.2, 0.25) is 0 Å². The number of H-pyrrole nitrogens is 2. The molecule has 9 heterocycles. The van der Waals surface area contributed by atoms with Crippen molar-refractivity contribution < 1.29 is 190 Å². The molecule has 13 rings (SSSR count). The quantitative estimate of drug-likeness (QED) is 0.0293. The highest BCUT2D eigenvalue weighted by Gasteiger charge is 2.58. The normalized spacial score (nSPS) is 24.1. The first-order valence-corrected chi connectivity index (χ1v) is 45.2. The van der Waals surface area contributed by atoms with E-state index < -0.39 is 245 Å². The number of carbonyl (C=O) groups is 16. The highest BCUT2D eigenvalue weighted by Crippen LogP contribution is 2.44. The van der Waals surface area contributed by atoms with Crippen molar-refractivity contribution in [1.29, 1.82) is 0 Å². The number of aryl methyl sites for hydroxylation is 2. The van der Waals surface area contributed by atoms with E-state index in [0.717, 1.165) is 111 Å². The molecule has 3 aromatic heterocycles. The number of hydrogen-bond acceptors (Lipinski definition) is 42. The predicted molar refractivity (Wildman–Crippen MR) is 489 cm³/mol. The number of esters is 16. The van der Waals surface area contributed by atoms with E-state index in [1.54, 1.807) is 121 Å². The second-order valence-corrected chi connectivity index (χ2v) is 33.6. The summed E-state index contributed by atoms with van der Waals surface area (Å²) >= 11 is 0. The lowest BCUT2D eigenvalue weighted by molar-refractivity contribution is -0.288. The third-order valence-corrected chi connectivity index (χ3v) is 22.4. The number of benzene rings is 4. The summed E-state index contributed by atoms with van der Waals surface area (Å²) in [6.07, 6.45) is -27.1. The number of hydrogen-bond donors (Lipinski definition) is 2. The standard InChI is InChI=1S/C100H104N4O40/c1-45(105)121-41-77-85(125-49(5)109)89(129-53(9)113)93(133-57(13)117)97(141-77)137-65-25-17-61(18-26-65)81-69-33-35-71(101-69)82(62-19-27-66(28-20-62)138-98-94(134-58(14)118)90(130-54(10)114)86(126-50(6)110)78(142-98)42-122-46(2)106)73-37-39-75(103-73)84(64-23-31-68(32-24-64)140-100-96(136-60(16)120)92(132-56(12)116)88(128-52(8)112)80(144-100)44-124-48(4)108)76-40-38-74(104-76)83(72-36-34-70(81)102-72)63-21-29-67(30-22-63)139-99-95(135-59(15)119)91(131-55(11)115)87(127-51(7)111)79(143-99)43-123-47(3)107/h17-37,39,77-80,85-102H,38,40-44H2,1-16H3/t77-,78-,79+,80+,85+,86+,87-,88-,89+,90+,91-,92-,93-,94-,95+,96+,97-,98-,99+,100+/m0/s1. The summed E-state index contributed by atoms with van der Waals surface area (Å²) in [5, 5.41) is 0. The van der Waals surface area contributed by atoms with Crippen LogP contribution in [0.1, 0.15) is 134 Å². The molecule has 44 heteroatoms. The molecule has 7 aromatic rings. The Labute approximate surface area is 820 Å². The molecule has 0 amide bonds. The van der Waals surface area contributed by atoms with Gasteiger partial charge in [0.25, 0.3) is 0 Å². The van der Waals surface area contributed by atoms with Crippen molar-refractivity contribution in [2.75, 3.05) is 26.4 Å². The van der Waals surface area contributed by atoms with Crippen molar-refractivity contribution in [3.05, 3.63) is 144 Å². The number of fused-ring (bicyclic) bond motifs is 8. The fourth-order valence-electron chi connectivity index (χ4n) is 17.2. The predicted octanol–water partition coefficient (Wildman–Crippen LogP) is 8.79. The monoisotopic (exact) mass is 2000 g/mol. The minimum Gasteiger partial charge on any atom is -0.463 e. The lowest BCUT2D eigenvalue weighted by Gasteiger charge is -2.43. The van der Waals surface area contributed by atoms with Gasteiger partial charge in [-0.15, -0.1) is 0 Å². The van der Waals surface area contributed by atoms with Crippen molar-refractivity contribution in [3.8, 4) is 67.5 Å². The average molecular weight is 2000 g/mol. The Morgan fingerprint density at radius 1 is 0.236 bits per heavy atom. The van der Waals surface area contributed by atoms with Crippen LogP contribution in [0.3, 0.4) is 0 Å². The summed E-state index contributed by atoms with van der Waals surface area (Å²) in [4.78, 5) is 222. The third-order valence-electron chi connectivity index (χ3n) is 22.4. The fraction of sp³-hybridized carbons (Fsp3) is 0.420. The van der Waals surface area contributed by atoms with E-state index in [9.17, 15) is 76.7 Å². The SMILES string of the molecule is CC(=O)OC[C@@H]1O[C@H](Oc2ccc(-c3c4nc(c(-c5ccc(O[C@@H]6O[C@H](COC(C)=O)[C@H](OC(C)=O)[C@H](OC(C)=O)[C@H]6OC(C)=O)cc5)c5nc(c(-c6ccc(O[C@@H]7O[C@H](COC(C)=O)[C@H](OC(C)=O)[C@H](OC(C)=O)[C@H]7OC(C)=O)cc6)c6ccc([nH]6)c(-c6ccc(O[C@H]7O[C@@H](COC(C)=O)[C@@H](OC(C)=O)[C@@H](OC(C)=O)[C@@H]7OC(C)=O)cc6)c6ccc3[nH]6)CC5)C=C4)cc2)[C@@H](OC(C)=O)[C@H](OC(C)=O)[C@@H]1OC(C)=O. The van der Waals surface area contributed by atoms with Gasteiger partial charge in [-0.25, -0.2) is 4.98 Å². The molecule has 4 aromatic carbocycles. The maximum atomic E-state index is 13.0. The Balaban J connectivity index is 1.02. The van der Waals surface area contributed by atoms with Crippen molar-refractivity contribution >= 4 is 130 Å². The number of ether oxygens (including phenoxy) is 24. The highest BCUT2D eigenvalue weighted by atomic mass is 16.8. The number of aromatic nitrogens is 4. The maximum Gasteiger partial charge on any atom is 0.303 e. The van der Waals surface area contributed by atoms with E-state index in [4.69, 9.17) is 124 Å². The molecule has 2 N–H and O–H groups in total. The highest BCUT2D eigenvalue weighted by molar-refractivity contribution is 5.99. The Hall–Kier alpha value is -15.7. The minimum absolute atomic E-state index is 0.0590. The smallest absolute Gasteiger partial charge is 0.303 e. The second kappa shape index (κ2) is 46.8. The molecule has 20 atom stereocenters. The summed E-state index contributed by atoms with van der Waals surface area (Å²) in [5.41, 5.74) is 7.16. The van der Waals surface area contributed by atoms with Gasteiger partial charge >= 0.3 is 95.5 Å². The van der Waals surface area contributed by atoms with Crippen LogP contribution in [0.25, 0.3) is 78.7 Å². The molecule has 0 radical (unpaired) electrons. The van der Waals surface area contributed by atoms with Gasteiger partial charge in [0, 0.05) is 155 Å². The third kappa shape index (κ3) is 26.7. The molecule has 0 saturated carbocycles. The molecule has 44 nitrogen and oxygen atoms in total. The van der Waals surface area contributed by atoms with Gasteiger partial charge < -0.3 is 124 Å². The molecular weight excluding hydrogens is 1900 g/mol. The molecule has 764 valence electrons. The van der Waals surface area contributed by atoms with Crippen LogP contribution < -0.4 is 18.9 Å². The zero-order valence-corrected chi connectivity index (χ0v) is 80.7. The van der Waals surface area contributed by atoms with E-state index in [1.807, 2.05) is 12.1 Å². The lowest BCUT2D eigenvalue weighted by Crippen LogP contribution is -2.63. The Morgan fingerprint density at radius 2 is 0.438 bits per heavy atom. The summed E-state index contributed by atoms with van der Waals surface area (Å²) in [7, 11) is 0. The van der Waals surface area contributed by atoms with Gasteiger partial charge in [0.05, 0.1) is 22.8 Å². The molecule has 0 aliphatic carbocycles. The van der Waals surface area contributed by atoms with Crippen LogP contribution in [0, 0.1) is 0 Å². The molecule has 4 fully saturated rings. The molecule has 4 saturated heterocycles. The van der Waals surface area contributed by atoms with Gasteiger partial charge in [0.2, 0.25) is 49.6 Å². The van der Waals surface area contributed by atoms with Crippen LogP contribution in [-0.4, -0.2) is 265 Å². The van der Waals surface area contributed by atoms with Gasteiger partial charge in [-0.2, -0.15) is 0 Å². The first-order chi connectivity index (χ1) is 68.5. The van der Waals surface area contributed by atoms with E-state index in [0.29, 0.717) is 89.4 Å². The van der Waals surface area contributed by atoms with Crippen molar-refractivity contribution in [1.82, 2.24) is 19.9 Å². The van der Waals surface area contributed by atoms with E-state index in [1.165, 1.54) is 0 Å². The van der Waals surface area contributed by atoms with Crippen molar-refractivity contribution in [2.45, 2.75) is 246 Å². The number of rotatable bonds is 32. The molecular formula is C100H104N4O40. The maximum absolute atomic E-state index is 13.0. The Morgan fingerprint density at radius 3 is 0.688 bits per heavy atom.